The largest absolute Gasteiger partial charge is 0.486 e. The lowest BCUT2D eigenvalue weighted by atomic mass is 10.1. The normalized spacial score (nSPS) is 13.3. The number of carbonyl (C=O) groups is 1. The number of amides is 1. The van der Waals surface area contributed by atoms with Gasteiger partial charge < -0.3 is 19.1 Å². The van der Waals surface area contributed by atoms with E-state index >= 15 is 0 Å². The third kappa shape index (κ3) is 4.05. The molecule has 0 unspecified atom stereocenters. The van der Waals surface area contributed by atoms with Gasteiger partial charge in [0.15, 0.2) is 11.5 Å². The molecular weight excluding hydrogens is 306 g/mol. The molecule has 1 aromatic rings. The number of nitrogens with zero attached hydrogens (tertiary/aromatic N) is 1. The molecule has 2 rings (SSSR count). The third-order valence-electron chi connectivity index (χ3n) is 3.28. The van der Waals surface area contributed by atoms with E-state index in [1.807, 2.05) is 0 Å². The van der Waals surface area contributed by atoms with Crippen LogP contribution in [0.3, 0.4) is 0 Å². The van der Waals surface area contributed by atoms with Crippen molar-refractivity contribution >= 4 is 17.5 Å². The Hall–Kier alpha value is -1.46. The molecule has 1 aromatic carbocycles. The van der Waals surface area contributed by atoms with Crippen LogP contribution in [0.15, 0.2) is 12.1 Å². The number of carbonyl (C=O) groups excluding carboxylic acids is 1. The minimum atomic E-state index is -0.0791. The van der Waals surface area contributed by atoms with Gasteiger partial charge in [-0.1, -0.05) is 25.4 Å². The van der Waals surface area contributed by atoms with Crippen LogP contribution in [-0.4, -0.2) is 50.8 Å². The lowest BCUT2D eigenvalue weighted by Crippen LogP contribution is -2.36. The second-order valence-corrected chi connectivity index (χ2v) is 6.03. The summed E-state index contributed by atoms with van der Waals surface area (Å²) in [7, 11) is 1.62. The van der Waals surface area contributed by atoms with Crippen molar-refractivity contribution in [3.63, 3.8) is 0 Å². The van der Waals surface area contributed by atoms with E-state index in [0.29, 0.717) is 60.9 Å². The van der Waals surface area contributed by atoms with Gasteiger partial charge in [-0.15, -0.1) is 0 Å². The van der Waals surface area contributed by atoms with E-state index in [9.17, 15) is 4.79 Å². The van der Waals surface area contributed by atoms with Gasteiger partial charge in [0, 0.05) is 25.8 Å². The summed E-state index contributed by atoms with van der Waals surface area (Å²) in [5.41, 5.74) is 0.506. The molecule has 0 N–H and O–H groups in total. The Balaban J connectivity index is 2.23. The monoisotopic (exact) mass is 327 g/mol. The van der Waals surface area contributed by atoms with Crippen molar-refractivity contribution in [2.24, 2.45) is 5.92 Å². The predicted molar refractivity (Wildman–Crippen MR) is 85.1 cm³/mol. The van der Waals surface area contributed by atoms with Gasteiger partial charge in [-0.25, -0.2) is 0 Å². The number of fused-ring (bicyclic) bond motifs is 1. The first-order valence-electron chi connectivity index (χ1n) is 7.40. The molecule has 0 atom stereocenters. The lowest BCUT2D eigenvalue weighted by Gasteiger charge is -2.26. The van der Waals surface area contributed by atoms with E-state index in [0.717, 1.165) is 0 Å². The summed E-state index contributed by atoms with van der Waals surface area (Å²) in [5.74, 6) is 1.33. The Morgan fingerprint density at radius 3 is 2.77 bits per heavy atom. The molecule has 0 bridgehead atoms. The highest BCUT2D eigenvalue weighted by molar-refractivity contribution is 6.32. The van der Waals surface area contributed by atoms with E-state index in [2.05, 4.69) is 13.8 Å². The van der Waals surface area contributed by atoms with Crippen molar-refractivity contribution in [3.8, 4) is 11.5 Å². The fourth-order valence-corrected chi connectivity index (χ4v) is 2.60. The summed E-state index contributed by atoms with van der Waals surface area (Å²) < 4.78 is 16.1. The Labute approximate surface area is 136 Å². The first kappa shape index (κ1) is 16.9. The number of benzene rings is 1. The van der Waals surface area contributed by atoms with E-state index < -0.39 is 0 Å². The molecule has 0 radical (unpaired) electrons. The number of rotatable bonds is 6. The van der Waals surface area contributed by atoms with Crippen LogP contribution >= 0.6 is 11.6 Å². The highest BCUT2D eigenvalue weighted by atomic mass is 35.5. The summed E-state index contributed by atoms with van der Waals surface area (Å²) in [6.45, 7) is 6.77. The quantitative estimate of drug-likeness (QED) is 0.806. The highest BCUT2D eigenvalue weighted by Crippen LogP contribution is 2.38. The van der Waals surface area contributed by atoms with Crippen LogP contribution in [0.2, 0.25) is 5.02 Å². The maximum Gasteiger partial charge on any atom is 0.254 e. The molecule has 0 aliphatic carbocycles. The molecule has 22 heavy (non-hydrogen) atoms. The average molecular weight is 328 g/mol. The van der Waals surface area contributed by atoms with E-state index in [1.54, 1.807) is 24.1 Å². The minimum absolute atomic E-state index is 0.0791. The molecular formula is C16H22ClNO4. The van der Waals surface area contributed by atoms with E-state index in [-0.39, 0.29) is 5.91 Å². The number of methoxy groups -OCH3 is 1. The SMILES string of the molecule is COCCN(CC(C)C)C(=O)c1cc(Cl)c2c(c1)OCCO2. The Morgan fingerprint density at radius 2 is 2.09 bits per heavy atom. The Bertz CT molecular complexity index is 533. The molecule has 1 amide bonds. The summed E-state index contributed by atoms with van der Waals surface area (Å²) in [5, 5.41) is 0.400. The topological polar surface area (TPSA) is 48.0 Å². The van der Waals surface area contributed by atoms with E-state index in [4.69, 9.17) is 25.8 Å². The molecule has 1 aliphatic heterocycles. The van der Waals surface area contributed by atoms with Crippen LogP contribution in [0, 0.1) is 5.92 Å². The van der Waals surface area contributed by atoms with Crippen molar-refractivity contribution in [2.75, 3.05) is 40.0 Å². The molecule has 1 heterocycles. The van der Waals surface area contributed by atoms with Gasteiger partial charge in [0.2, 0.25) is 0 Å². The zero-order chi connectivity index (χ0) is 16.1. The highest BCUT2D eigenvalue weighted by Gasteiger charge is 2.22. The molecule has 6 heteroatoms. The zero-order valence-electron chi connectivity index (χ0n) is 13.2. The van der Waals surface area contributed by atoms with Crippen molar-refractivity contribution in [2.45, 2.75) is 13.8 Å². The molecule has 122 valence electrons. The molecule has 1 aliphatic rings. The Kier molecular flexibility index (Phi) is 5.91. The number of hydrogen-bond acceptors (Lipinski definition) is 4. The predicted octanol–water partition coefficient (Wildman–Crippen LogP) is 2.86. The summed E-state index contributed by atoms with van der Waals surface area (Å²) in [6.07, 6.45) is 0. The molecule has 0 aromatic heterocycles. The maximum atomic E-state index is 12.7. The maximum absolute atomic E-state index is 12.7. The van der Waals surface area contributed by atoms with E-state index in [1.165, 1.54) is 0 Å². The lowest BCUT2D eigenvalue weighted by molar-refractivity contribution is 0.0671. The van der Waals surface area contributed by atoms with Crippen molar-refractivity contribution < 1.29 is 19.0 Å². The van der Waals surface area contributed by atoms with Gasteiger partial charge in [0.25, 0.3) is 5.91 Å². The first-order chi connectivity index (χ1) is 10.5. The van der Waals surface area contributed by atoms with Gasteiger partial charge in [-0.05, 0) is 18.1 Å². The molecule has 0 saturated heterocycles. The van der Waals surface area contributed by atoms with Crippen molar-refractivity contribution in [1.29, 1.82) is 0 Å². The molecule has 5 nitrogen and oxygen atoms in total. The van der Waals surface area contributed by atoms with Crippen LogP contribution in [-0.2, 0) is 4.74 Å². The molecule has 0 fully saturated rings. The van der Waals surface area contributed by atoms with Gasteiger partial charge in [0.1, 0.15) is 13.2 Å². The average Bonchev–Trinajstić information content (AvgIpc) is 2.50. The molecule has 0 spiro atoms. The van der Waals surface area contributed by atoms with Crippen LogP contribution in [0.1, 0.15) is 24.2 Å². The van der Waals surface area contributed by atoms with Crippen LogP contribution in [0.4, 0.5) is 0 Å². The first-order valence-corrected chi connectivity index (χ1v) is 7.78. The summed E-state index contributed by atoms with van der Waals surface area (Å²) in [6, 6.07) is 3.33. The second kappa shape index (κ2) is 7.70. The number of hydrogen-bond donors (Lipinski definition) is 0. The smallest absolute Gasteiger partial charge is 0.254 e. The summed E-state index contributed by atoms with van der Waals surface area (Å²) >= 11 is 6.21. The van der Waals surface area contributed by atoms with Crippen molar-refractivity contribution in [1.82, 2.24) is 4.90 Å². The van der Waals surface area contributed by atoms with Crippen LogP contribution in [0.5, 0.6) is 11.5 Å². The van der Waals surface area contributed by atoms with Gasteiger partial charge in [0.05, 0.1) is 11.6 Å². The van der Waals surface area contributed by atoms with Crippen LogP contribution in [0.25, 0.3) is 0 Å². The summed E-state index contributed by atoms with van der Waals surface area (Å²) in [4.78, 5) is 14.5. The third-order valence-corrected chi connectivity index (χ3v) is 3.56. The molecule has 0 saturated carbocycles. The van der Waals surface area contributed by atoms with Gasteiger partial charge >= 0.3 is 0 Å². The zero-order valence-corrected chi connectivity index (χ0v) is 14.0. The standard InChI is InChI=1S/C16H22ClNO4/c1-11(2)10-18(4-5-20-3)16(19)12-8-13(17)15-14(9-12)21-6-7-22-15/h8-9,11H,4-7,10H2,1-3H3. The minimum Gasteiger partial charge on any atom is -0.486 e. The second-order valence-electron chi connectivity index (χ2n) is 5.62. The van der Waals surface area contributed by atoms with Crippen molar-refractivity contribution in [3.05, 3.63) is 22.7 Å². The number of ether oxygens (including phenoxy) is 3. The Morgan fingerprint density at radius 1 is 1.36 bits per heavy atom. The fraction of sp³-hybridized carbons (Fsp3) is 0.562. The number of halogens is 1. The fourth-order valence-electron chi connectivity index (χ4n) is 2.33. The van der Waals surface area contributed by atoms with Gasteiger partial charge in [-0.2, -0.15) is 0 Å². The van der Waals surface area contributed by atoms with Crippen LogP contribution < -0.4 is 9.47 Å². The van der Waals surface area contributed by atoms with Gasteiger partial charge in [-0.3, -0.25) is 4.79 Å².